The van der Waals surface area contributed by atoms with E-state index < -0.39 is 12.0 Å². The number of anilines is 1. The second kappa shape index (κ2) is 7.38. The number of rotatable bonds is 7. The molecule has 0 aliphatic carbocycles. The first-order valence-corrected chi connectivity index (χ1v) is 7.07. The first kappa shape index (κ1) is 15.0. The van der Waals surface area contributed by atoms with E-state index in [1.165, 1.54) is 0 Å². The summed E-state index contributed by atoms with van der Waals surface area (Å²) < 4.78 is 0. The van der Waals surface area contributed by atoms with Gasteiger partial charge in [-0.2, -0.15) is 0 Å². The molecule has 0 saturated heterocycles. The number of unbranched alkanes of at least 4 members (excludes halogenated alkanes) is 1. The number of benzene rings is 1. The van der Waals surface area contributed by atoms with Gasteiger partial charge in [-0.25, -0.2) is 9.78 Å². The SMILES string of the molecule is CCCC[C@H](Nc1cnc(-c2ccccc2)cn1)C(=O)O. The summed E-state index contributed by atoms with van der Waals surface area (Å²) in [6, 6.07) is 9.11. The minimum Gasteiger partial charge on any atom is -0.480 e. The van der Waals surface area contributed by atoms with E-state index in [9.17, 15) is 9.90 Å². The number of carboxylic acids is 1. The summed E-state index contributed by atoms with van der Waals surface area (Å²) in [5.74, 6) is -0.379. The number of nitrogens with one attached hydrogen (secondary N) is 1. The van der Waals surface area contributed by atoms with Crippen molar-refractivity contribution in [1.82, 2.24) is 9.97 Å². The van der Waals surface area contributed by atoms with Gasteiger partial charge in [0.1, 0.15) is 11.9 Å². The Bertz CT molecular complexity index is 570. The molecule has 1 aromatic heterocycles. The smallest absolute Gasteiger partial charge is 0.326 e. The average molecular weight is 285 g/mol. The van der Waals surface area contributed by atoms with Crippen LogP contribution in [0.2, 0.25) is 0 Å². The Morgan fingerprint density at radius 2 is 2.00 bits per heavy atom. The van der Waals surface area contributed by atoms with Gasteiger partial charge >= 0.3 is 5.97 Å². The molecule has 1 aromatic carbocycles. The van der Waals surface area contributed by atoms with E-state index in [-0.39, 0.29) is 0 Å². The van der Waals surface area contributed by atoms with E-state index in [0.29, 0.717) is 12.2 Å². The molecule has 110 valence electrons. The third-order valence-electron chi connectivity index (χ3n) is 3.19. The van der Waals surface area contributed by atoms with Gasteiger partial charge in [0, 0.05) is 5.56 Å². The number of hydrogen-bond donors (Lipinski definition) is 2. The van der Waals surface area contributed by atoms with Gasteiger partial charge in [0.15, 0.2) is 0 Å². The zero-order valence-electron chi connectivity index (χ0n) is 12.0. The molecule has 2 aromatic rings. The van der Waals surface area contributed by atoms with Crippen molar-refractivity contribution in [2.75, 3.05) is 5.32 Å². The van der Waals surface area contributed by atoms with Gasteiger partial charge < -0.3 is 10.4 Å². The zero-order chi connectivity index (χ0) is 15.1. The van der Waals surface area contributed by atoms with Crippen LogP contribution in [-0.4, -0.2) is 27.1 Å². The predicted molar refractivity (Wildman–Crippen MR) is 82.0 cm³/mol. The molecule has 0 radical (unpaired) electrons. The van der Waals surface area contributed by atoms with E-state index in [1.807, 2.05) is 37.3 Å². The first-order chi connectivity index (χ1) is 10.2. The molecule has 2 rings (SSSR count). The summed E-state index contributed by atoms with van der Waals surface area (Å²) in [7, 11) is 0. The van der Waals surface area contributed by atoms with Gasteiger partial charge in [-0.15, -0.1) is 0 Å². The number of carbonyl (C=O) groups is 1. The van der Waals surface area contributed by atoms with Crippen molar-refractivity contribution in [1.29, 1.82) is 0 Å². The third-order valence-corrected chi connectivity index (χ3v) is 3.19. The highest BCUT2D eigenvalue weighted by molar-refractivity contribution is 5.76. The van der Waals surface area contributed by atoms with Crippen LogP contribution in [-0.2, 0) is 4.79 Å². The fourth-order valence-electron chi connectivity index (χ4n) is 2.00. The van der Waals surface area contributed by atoms with Crippen LogP contribution in [0, 0.1) is 0 Å². The highest BCUT2D eigenvalue weighted by Gasteiger charge is 2.16. The minimum atomic E-state index is -0.864. The molecule has 0 spiro atoms. The van der Waals surface area contributed by atoms with Crippen LogP contribution in [0.15, 0.2) is 42.7 Å². The normalized spacial score (nSPS) is 11.9. The fraction of sp³-hybridized carbons (Fsp3) is 0.312. The molecule has 1 atom stereocenters. The molecule has 21 heavy (non-hydrogen) atoms. The van der Waals surface area contributed by atoms with Crippen LogP contribution in [0.3, 0.4) is 0 Å². The van der Waals surface area contributed by atoms with E-state index in [4.69, 9.17) is 0 Å². The van der Waals surface area contributed by atoms with Crippen molar-refractivity contribution in [2.24, 2.45) is 0 Å². The summed E-state index contributed by atoms with van der Waals surface area (Å²) in [6.45, 7) is 2.04. The standard InChI is InChI=1S/C16H19N3O2/c1-2-3-9-13(16(20)21)19-15-11-17-14(10-18-15)12-7-5-4-6-8-12/h4-8,10-11,13H,2-3,9H2,1H3,(H,18,19)(H,20,21)/t13-/m0/s1. The number of aliphatic carboxylic acids is 1. The third kappa shape index (κ3) is 4.27. The summed E-state index contributed by atoms with van der Waals surface area (Å²) in [5, 5.41) is 12.1. The molecule has 0 aliphatic heterocycles. The molecule has 5 nitrogen and oxygen atoms in total. The fourth-order valence-corrected chi connectivity index (χ4v) is 2.00. The van der Waals surface area contributed by atoms with Crippen LogP contribution in [0.1, 0.15) is 26.2 Å². The topological polar surface area (TPSA) is 75.1 Å². The largest absolute Gasteiger partial charge is 0.480 e. The van der Waals surface area contributed by atoms with Gasteiger partial charge in [0.2, 0.25) is 0 Å². The number of aromatic nitrogens is 2. The highest BCUT2D eigenvalue weighted by atomic mass is 16.4. The Morgan fingerprint density at radius 1 is 1.24 bits per heavy atom. The second-order valence-corrected chi connectivity index (χ2v) is 4.83. The molecular weight excluding hydrogens is 266 g/mol. The Balaban J connectivity index is 2.06. The van der Waals surface area contributed by atoms with Crippen LogP contribution in [0.4, 0.5) is 5.82 Å². The average Bonchev–Trinajstić information content (AvgIpc) is 2.52. The summed E-state index contributed by atoms with van der Waals surface area (Å²) in [4.78, 5) is 19.8. The van der Waals surface area contributed by atoms with Crippen LogP contribution >= 0.6 is 0 Å². The Kier molecular flexibility index (Phi) is 5.26. The zero-order valence-corrected chi connectivity index (χ0v) is 12.0. The Hall–Kier alpha value is -2.43. The van der Waals surface area contributed by atoms with E-state index >= 15 is 0 Å². The molecule has 0 amide bonds. The van der Waals surface area contributed by atoms with Crippen molar-refractivity contribution in [3.8, 4) is 11.3 Å². The lowest BCUT2D eigenvalue weighted by Gasteiger charge is -2.14. The maximum Gasteiger partial charge on any atom is 0.326 e. The molecule has 0 fully saturated rings. The van der Waals surface area contributed by atoms with E-state index in [1.54, 1.807) is 12.4 Å². The maximum absolute atomic E-state index is 11.2. The van der Waals surface area contributed by atoms with Gasteiger partial charge in [0.05, 0.1) is 18.1 Å². The lowest BCUT2D eigenvalue weighted by Crippen LogP contribution is -2.29. The molecule has 1 heterocycles. The van der Waals surface area contributed by atoms with Crippen molar-refractivity contribution in [3.05, 3.63) is 42.7 Å². The number of carboxylic acid groups (broad SMARTS) is 1. The quantitative estimate of drug-likeness (QED) is 0.817. The van der Waals surface area contributed by atoms with Gasteiger partial charge in [0.25, 0.3) is 0 Å². The summed E-state index contributed by atoms with van der Waals surface area (Å²) >= 11 is 0. The van der Waals surface area contributed by atoms with E-state index in [2.05, 4.69) is 15.3 Å². The highest BCUT2D eigenvalue weighted by Crippen LogP contribution is 2.16. The Labute approximate surface area is 124 Å². The Morgan fingerprint density at radius 3 is 2.57 bits per heavy atom. The second-order valence-electron chi connectivity index (χ2n) is 4.83. The van der Waals surface area contributed by atoms with Crippen LogP contribution in [0.25, 0.3) is 11.3 Å². The van der Waals surface area contributed by atoms with Crippen molar-refractivity contribution in [2.45, 2.75) is 32.2 Å². The molecule has 0 saturated carbocycles. The predicted octanol–water partition coefficient (Wildman–Crippen LogP) is 3.20. The van der Waals surface area contributed by atoms with Crippen molar-refractivity contribution >= 4 is 11.8 Å². The summed E-state index contributed by atoms with van der Waals surface area (Å²) in [5.41, 5.74) is 1.75. The molecule has 2 N–H and O–H groups in total. The molecule has 5 heteroatoms. The molecule has 0 aliphatic rings. The van der Waals surface area contributed by atoms with Gasteiger partial charge in [-0.05, 0) is 6.42 Å². The van der Waals surface area contributed by atoms with Gasteiger partial charge in [-0.3, -0.25) is 4.98 Å². The summed E-state index contributed by atoms with van der Waals surface area (Å²) in [6.07, 6.45) is 5.62. The van der Waals surface area contributed by atoms with E-state index in [0.717, 1.165) is 24.1 Å². The maximum atomic E-state index is 11.2. The minimum absolute atomic E-state index is 0.484. The lowest BCUT2D eigenvalue weighted by molar-refractivity contribution is -0.138. The van der Waals surface area contributed by atoms with Gasteiger partial charge in [-0.1, -0.05) is 50.1 Å². The lowest BCUT2D eigenvalue weighted by atomic mass is 10.1. The van der Waals surface area contributed by atoms with Crippen molar-refractivity contribution in [3.63, 3.8) is 0 Å². The monoisotopic (exact) mass is 285 g/mol. The molecule has 0 unspecified atom stereocenters. The van der Waals surface area contributed by atoms with Crippen LogP contribution in [0.5, 0.6) is 0 Å². The van der Waals surface area contributed by atoms with Crippen molar-refractivity contribution < 1.29 is 9.90 Å². The number of nitrogens with zero attached hydrogens (tertiary/aromatic N) is 2. The first-order valence-electron chi connectivity index (χ1n) is 7.07. The molecule has 0 bridgehead atoms. The molecular formula is C16H19N3O2. The number of hydrogen-bond acceptors (Lipinski definition) is 4. The van der Waals surface area contributed by atoms with Crippen LogP contribution < -0.4 is 5.32 Å².